The van der Waals surface area contributed by atoms with Crippen LogP contribution in [-0.4, -0.2) is 41.7 Å². The number of hydrogen-bond donors (Lipinski definition) is 2. The highest BCUT2D eigenvalue weighted by Crippen LogP contribution is 2.24. The molecule has 0 radical (unpaired) electrons. The number of aliphatic hydroxyl groups excluding tert-OH is 2. The number of hydrogen-bond acceptors (Lipinski definition) is 6. The first-order chi connectivity index (χ1) is 8.27. The summed E-state index contributed by atoms with van der Waals surface area (Å²) < 4.78 is 22.7. The van der Waals surface area contributed by atoms with Gasteiger partial charge in [0.1, 0.15) is 5.25 Å². The smallest absolute Gasteiger partial charge is 0.269 e. The molecule has 0 amide bonds. The van der Waals surface area contributed by atoms with Gasteiger partial charge in [-0.3, -0.25) is 10.1 Å². The summed E-state index contributed by atoms with van der Waals surface area (Å²) >= 11 is 0. The Labute approximate surface area is 104 Å². The van der Waals surface area contributed by atoms with Crippen molar-refractivity contribution >= 4 is 15.5 Å². The maximum Gasteiger partial charge on any atom is 0.269 e. The monoisotopic (exact) mass is 275 g/mol. The van der Waals surface area contributed by atoms with Crippen LogP contribution in [0.3, 0.4) is 0 Å². The van der Waals surface area contributed by atoms with Crippen LogP contribution >= 0.6 is 0 Å². The first-order valence-electron chi connectivity index (χ1n) is 4.99. The molecular formula is C10H13NO6S. The van der Waals surface area contributed by atoms with Crippen LogP contribution in [0.2, 0.25) is 0 Å². The summed E-state index contributed by atoms with van der Waals surface area (Å²) in [7, 11) is -3.67. The Morgan fingerprint density at radius 3 is 2.50 bits per heavy atom. The van der Waals surface area contributed by atoms with E-state index in [4.69, 9.17) is 5.11 Å². The zero-order valence-corrected chi connectivity index (χ0v) is 10.4. The Kier molecular flexibility index (Phi) is 4.38. The van der Waals surface area contributed by atoms with Gasteiger partial charge in [0.2, 0.25) is 0 Å². The second kappa shape index (κ2) is 5.42. The molecule has 0 aromatic heterocycles. The average molecular weight is 275 g/mol. The lowest BCUT2D eigenvalue weighted by atomic mass is 10.1. The van der Waals surface area contributed by atoms with E-state index in [1.54, 1.807) is 0 Å². The summed E-state index contributed by atoms with van der Waals surface area (Å²) in [6.07, 6.45) is -0.626. The summed E-state index contributed by atoms with van der Waals surface area (Å²) in [5.41, 5.74) is -0.176. The lowest BCUT2D eigenvalue weighted by Crippen LogP contribution is -2.31. The van der Waals surface area contributed by atoms with E-state index in [9.17, 15) is 23.6 Å². The van der Waals surface area contributed by atoms with Gasteiger partial charge in [0.25, 0.3) is 5.69 Å². The van der Waals surface area contributed by atoms with Gasteiger partial charge in [-0.2, -0.15) is 0 Å². The van der Waals surface area contributed by atoms with Gasteiger partial charge >= 0.3 is 0 Å². The number of nitrogens with zero attached hydrogens (tertiary/aromatic N) is 1. The Bertz CT molecular complexity index is 541. The molecule has 0 aliphatic heterocycles. The van der Waals surface area contributed by atoms with E-state index in [2.05, 4.69) is 0 Å². The fourth-order valence-electron chi connectivity index (χ4n) is 1.51. The van der Waals surface area contributed by atoms with Gasteiger partial charge in [-0.1, -0.05) is 12.1 Å². The molecule has 0 heterocycles. The SMILES string of the molecule is CS(=O)(=O)C(CO)C(O)c1cccc([N+](=O)[O-])c1. The molecule has 18 heavy (non-hydrogen) atoms. The van der Waals surface area contributed by atoms with Crippen LogP contribution in [-0.2, 0) is 9.84 Å². The Balaban J connectivity index is 3.13. The lowest BCUT2D eigenvalue weighted by molar-refractivity contribution is -0.385. The van der Waals surface area contributed by atoms with Gasteiger partial charge in [-0.15, -0.1) is 0 Å². The second-order valence-electron chi connectivity index (χ2n) is 3.85. The molecule has 0 saturated carbocycles. The normalized spacial score (nSPS) is 15.1. The molecule has 2 unspecified atom stereocenters. The molecule has 1 rings (SSSR count). The molecule has 1 aromatic rings. The van der Waals surface area contributed by atoms with Gasteiger partial charge in [0, 0.05) is 18.4 Å². The van der Waals surface area contributed by atoms with Crippen LogP contribution in [0.15, 0.2) is 24.3 Å². The third-order valence-electron chi connectivity index (χ3n) is 2.50. The number of aliphatic hydroxyl groups is 2. The zero-order chi connectivity index (χ0) is 13.9. The Morgan fingerprint density at radius 2 is 2.06 bits per heavy atom. The van der Waals surface area contributed by atoms with Crippen molar-refractivity contribution in [2.75, 3.05) is 12.9 Å². The van der Waals surface area contributed by atoms with E-state index < -0.39 is 32.7 Å². The maximum absolute atomic E-state index is 11.3. The highest BCUT2D eigenvalue weighted by atomic mass is 32.2. The van der Waals surface area contributed by atoms with Crippen molar-refractivity contribution in [1.82, 2.24) is 0 Å². The maximum atomic E-state index is 11.3. The molecule has 0 spiro atoms. The van der Waals surface area contributed by atoms with Crippen LogP contribution in [0.25, 0.3) is 0 Å². The summed E-state index contributed by atoms with van der Waals surface area (Å²) in [6, 6.07) is 5.02. The van der Waals surface area contributed by atoms with Crippen molar-refractivity contribution < 1.29 is 23.6 Å². The predicted molar refractivity (Wildman–Crippen MR) is 63.8 cm³/mol. The van der Waals surface area contributed by atoms with Crippen molar-refractivity contribution in [2.45, 2.75) is 11.4 Å². The zero-order valence-electron chi connectivity index (χ0n) is 9.55. The molecular weight excluding hydrogens is 262 g/mol. The van der Waals surface area contributed by atoms with E-state index in [1.165, 1.54) is 18.2 Å². The number of non-ortho nitro benzene ring substituents is 1. The van der Waals surface area contributed by atoms with Crippen LogP contribution < -0.4 is 0 Å². The third-order valence-corrected chi connectivity index (χ3v) is 4.01. The summed E-state index contributed by atoms with van der Waals surface area (Å²) in [5, 5.41) is 28.0. The topological polar surface area (TPSA) is 118 Å². The van der Waals surface area contributed by atoms with E-state index >= 15 is 0 Å². The second-order valence-corrected chi connectivity index (χ2v) is 6.11. The first-order valence-corrected chi connectivity index (χ1v) is 6.95. The average Bonchev–Trinajstić information content (AvgIpc) is 2.28. The Hall–Kier alpha value is -1.51. The first kappa shape index (κ1) is 14.6. The predicted octanol–water partition coefficient (Wildman–Crippen LogP) is 0.0337. The molecule has 2 atom stereocenters. The molecule has 0 aliphatic carbocycles. The van der Waals surface area contributed by atoms with Gasteiger partial charge in [0.15, 0.2) is 9.84 Å². The van der Waals surface area contributed by atoms with E-state index in [0.717, 1.165) is 12.3 Å². The van der Waals surface area contributed by atoms with E-state index in [-0.39, 0.29) is 11.3 Å². The van der Waals surface area contributed by atoms with Crippen molar-refractivity contribution in [1.29, 1.82) is 0 Å². The molecule has 0 saturated heterocycles. The van der Waals surface area contributed by atoms with Crippen LogP contribution in [0.5, 0.6) is 0 Å². The van der Waals surface area contributed by atoms with Gasteiger partial charge < -0.3 is 10.2 Å². The molecule has 0 fully saturated rings. The fourth-order valence-corrected chi connectivity index (χ4v) is 2.40. The number of rotatable bonds is 5. The minimum Gasteiger partial charge on any atom is -0.395 e. The number of nitro benzene ring substituents is 1. The summed E-state index contributed by atoms with van der Waals surface area (Å²) in [5.74, 6) is 0. The lowest BCUT2D eigenvalue weighted by Gasteiger charge is -2.19. The minimum atomic E-state index is -3.67. The Morgan fingerprint density at radius 1 is 1.44 bits per heavy atom. The molecule has 100 valence electrons. The highest BCUT2D eigenvalue weighted by molar-refractivity contribution is 7.91. The fraction of sp³-hybridized carbons (Fsp3) is 0.400. The number of nitro groups is 1. The largest absolute Gasteiger partial charge is 0.395 e. The minimum absolute atomic E-state index is 0.0775. The van der Waals surface area contributed by atoms with Gasteiger partial charge in [-0.05, 0) is 5.56 Å². The molecule has 0 aliphatic rings. The van der Waals surface area contributed by atoms with Crippen LogP contribution in [0.1, 0.15) is 11.7 Å². The summed E-state index contributed by atoms with van der Waals surface area (Å²) in [4.78, 5) is 9.92. The molecule has 0 bridgehead atoms. The third kappa shape index (κ3) is 3.25. The van der Waals surface area contributed by atoms with Gasteiger partial charge in [-0.25, -0.2) is 8.42 Å². The summed E-state index contributed by atoms with van der Waals surface area (Å²) in [6.45, 7) is -0.761. The molecule has 1 aromatic carbocycles. The van der Waals surface area contributed by atoms with Crippen LogP contribution in [0.4, 0.5) is 5.69 Å². The van der Waals surface area contributed by atoms with Crippen molar-refractivity contribution in [3.8, 4) is 0 Å². The van der Waals surface area contributed by atoms with Crippen LogP contribution in [0, 0.1) is 10.1 Å². The van der Waals surface area contributed by atoms with E-state index in [0.29, 0.717) is 0 Å². The van der Waals surface area contributed by atoms with Gasteiger partial charge in [0.05, 0.1) is 17.6 Å². The number of benzene rings is 1. The van der Waals surface area contributed by atoms with Crippen molar-refractivity contribution in [3.05, 3.63) is 39.9 Å². The molecule has 2 N–H and O–H groups in total. The highest BCUT2D eigenvalue weighted by Gasteiger charge is 2.30. The van der Waals surface area contributed by atoms with Crippen molar-refractivity contribution in [3.63, 3.8) is 0 Å². The molecule has 8 heteroatoms. The molecule has 7 nitrogen and oxygen atoms in total. The quantitative estimate of drug-likeness (QED) is 0.578. The standard InChI is InChI=1S/C10H13NO6S/c1-18(16,17)9(6-12)10(13)7-3-2-4-8(5-7)11(14)15/h2-5,9-10,12-13H,6H2,1H3. The van der Waals surface area contributed by atoms with E-state index in [1.807, 2.05) is 0 Å². The number of sulfone groups is 1. The van der Waals surface area contributed by atoms with Crippen molar-refractivity contribution in [2.24, 2.45) is 0 Å².